The zero-order valence-corrected chi connectivity index (χ0v) is 12.2. The largest absolute Gasteiger partial charge is 0.340 e. The third-order valence-corrected chi connectivity index (χ3v) is 3.11. The van der Waals surface area contributed by atoms with E-state index in [9.17, 15) is 4.79 Å². The van der Waals surface area contributed by atoms with Crippen LogP contribution in [0.2, 0.25) is 0 Å². The van der Waals surface area contributed by atoms with E-state index in [1.165, 1.54) is 11.1 Å². The highest BCUT2D eigenvalue weighted by Gasteiger charge is 2.12. The Labute approximate surface area is 119 Å². The standard InChI is InChI=1S/C14H19Cl2NO/c1-12-3-2-4-13(11-12)5-6-14(18)17(9-7-15)10-8-16/h2-4,11H,5-10H2,1H3. The topological polar surface area (TPSA) is 20.3 Å². The lowest BCUT2D eigenvalue weighted by atomic mass is 10.1. The molecule has 0 spiro atoms. The normalized spacial score (nSPS) is 10.4. The van der Waals surface area contributed by atoms with Crippen molar-refractivity contribution in [2.75, 3.05) is 24.8 Å². The first-order valence-electron chi connectivity index (χ1n) is 6.12. The Balaban J connectivity index is 2.48. The van der Waals surface area contributed by atoms with Crippen molar-refractivity contribution >= 4 is 29.1 Å². The van der Waals surface area contributed by atoms with Crippen molar-refractivity contribution in [3.8, 4) is 0 Å². The molecule has 0 unspecified atom stereocenters. The van der Waals surface area contributed by atoms with Gasteiger partial charge in [0.1, 0.15) is 0 Å². The monoisotopic (exact) mass is 287 g/mol. The molecule has 100 valence electrons. The van der Waals surface area contributed by atoms with E-state index in [-0.39, 0.29) is 5.91 Å². The summed E-state index contributed by atoms with van der Waals surface area (Å²) < 4.78 is 0. The summed E-state index contributed by atoms with van der Waals surface area (Å²) in [5, 5.41) is 0. The van der Waals surface area contributed by atoms with E-state index in [1.807, 2.05) is 12.1 Å². The molecule has 2 nitrogen and oxygen atoms in total. The molecular weight excluding hydrogens is 269 g/mol. The number of rotatable bonds is 7. The van der Waals surface area contributed by atoms with Crippen LogP contribution in [0.15, 0.2) is 24.3 Å². The molecule has 1 rings (SSSR count). The molecule has 1 amide bonds. The predicted molar refractivity (Wildman–Crippen MR) is 77.5 cm³/mol. The molecule has 0 radical (unpaired) electrons. The second-order valence-electron chi connectivity index (χ2n) is 4.25. The van der Waals surface area contributed by atoms with Crippen LogP contribution in [0, 0.1) is 6.92 Å². The average Bonchev–Trinajstić information content (AvgIpc) is 2.36. The maximum atomic E-state index is 12.0. The minimum Gasteiger partial charge on any atom is -0.340 e. The van der Waals surface area contributed by atoms with Crippen LogP contribution in [0.3, 0.4) is 0 Å². The van der Waals surface area contributed by atoms with E-state index < -0.39 is 0 Å². The van der Waals surface area contributed by atoms with Crippen LogP contribution in [0.5, 0.6) is 0 Å². The van der Waals surface area contributed by atoms with Crippen LogP contribution >= 0.6 is 23.2 Å². The number of alkyl halides is 2. The number of hydrogen-bond acceptors (Lipinski definition) is 1. The van der Waals surface area contributed by atoms with Crippen LogP contribution in [0.1, 0.15) is 17.5 Å². The lowest BCUT2D eigenvalue weighted by molar-refractivity contribution is -0.130. The van der Waals surface area contributed by atoms with Gasteiger partial charge in [-0.3, -0.25) is 4.79 Å². The Morgan fingerprint density at radius 1 is 1.22 bits per heavy atom. The van der Waals surface area contributed by atoms with Gasteiger partial charge in [0.2, 0.25) is 5.91 Å². The first-order valence-corrected chi connectivity index (χ1v) is 7.19. The molecular formula is C14H19Cl2NO. The summed E-state index contributed by atoms with van der Waals surface area (Å²) in [5.74, 6) is 1.03. The van der Waals surface area contributed by atoms with Gasteiger partial charge in [-0.25, -0.2) is 0 Å². The number of carbonyl (C=O) groups is 1. The number of halogens is 2. The Kier molecular flexibility index (Phi) is 7.14. The van der Waals surface area contributed by atoms with Crippen LogP contribution < -0.4 is 0 Å². The number of hydrogen-bond donors (Lipinski definition) is 0. The molecule has 0 bridgehead atoms. The fourth-order valence-electron chi connectivity index (χ4n) is 1.84. The molecule has 0 heterocycles. The van der Waals surface area contributed by atoms with Crippen LogP contribution in [0.25, 0.3) is 0 Å². The van der Waals surface area contributed by atoms with E-state index in [0.29, 0.717) is 31.3 Å². The smallest absolute Gasteiger partial charge is 0.222 e. The maximum absolute atomic E-state index is 12.0. The highest BCUT2D eigenvalue weighted by molar-refractivity contribution is 6.18. The third-order valence-electron chi connectivity index (χ3n) is 2.77. The second kappa shape index (κ2) is 8.39. The molecule has 0 fully saturated rings. The summed E-state index contributed by atoms with van der Waals surface area (Å²) >= 11 is 11.4. The summed E-state index contributed by atoms with van der Waals surface area (Å²) in [7, 11) is 0. The Morgan fingerprint density at radius 2 is 1.89 bits per heavy atom. The van der Waals surface area contributed by atoms with E-state index in [1.54, 1.807) is 4.90 Å². The van der Waals surface area contributed by atoms with Gasteiger partial charge in [-0.15, -0.1) is 23.2 Å². The minimum atomic E-state index is 0.123. The molecule has 1 aromatic carbocycles. The molecule has 0 N–H and O–H groups in total. The van der Waals surface area contributed by atoms with Gasteiger partial charge in [0.25, 0.3) is 0 Å². The summed E-state index contributed by atoms with van der Waals surface area (Å²) in [6.07, 6.45) is 1.28. The summed E-state index contributed by atoms with van der Waals surface area (Å²) in [4.78, 5) is 13.7. The number of nitrogens with zero attached hydrogens (tertiary/aromatic N) is 1. The fraction of sp³-hybridized carbons (Fsp3) is 0.500. The van der Waals surface area contributed by atoms with Crippen molar-refractivity contribution < 1.29 is 4.79 Å². The Morgan fingerprint density at radius 3 is 2.44 bits per heavy atom. The first kappa shape index (κ1) is 15.3. The zero-order chi connectivity index (χ0) is 13.4. The van der Waals surface area contributed by atoms with Crippen molar-refractivity contribution in [2.45, 2.75) is 19.8 Å². The number of benzene rings is 1. The van der Waals surface area contributed by atoms with Crippen LogP contribution in [0.4, 0.5) is 0 Å². The highest BCUT2D eigenvalue weighted by Crippen LogP contribution is 2.08. The van der Waals surface area contributed by atoms with Crippen molar-refractivity contribution in [3.05, 3.63) is 35.4 Å². The summed E-state index contributed by atoms with van der Waals surface area (Å²) in [6, 6.07) is 8.23. The zero-order valence-electron chi connectivity index (χ0n) is 10.7. The van der Waals surface area contributed by atoms with Gasteiger partial charge < -0.3 is 4.90 Å². The number of carbonyl (C=O) groups excluding carboxylic acids is 1. The van der Waals surface area contributed by atoms with Gasteiger partial charge in [0.05, 0.1) is 0 Å². The Bertz CT molecular complexity index is 376. The first-order chi connectivity index (χ1) is 8.67. The van der Waals surface area contributed by atoms with Crippen molar-refractivity contribution in [2.24, 2.45) is 0 Å². The predicted octanol–water partition coefficient (Wildman–Crippen LogP) is 3.23. The third kappa shape index (κ3) is 5.28. The molecule has 0 aliphatic carbocycles. The van der Waals surface area contributed by atoms with Gasteiger partial charge in [-0.1, -0.05) is 29.8 Å². The van der Waals surface area contributed by atoms with Crippen LogP contribution in [-0.2, 0) is 11.2 Å². The van der Waals surface area contributed by atoms with Gasteiger partial charge in [0.15, 0.2) is 0 Å². The number of aryl methyl sites for hydroxylation is 2. The lowest BCUT2D eigenvalue weighted by Crippen LogP contribution is -2.34. The average molecular weight is 288 g/mol. The van der Waals surface area contributed by atoms with Gasteiger partial charge >= 0.3 is 0 Å². The van der Waals surface area contributed by atoms with Gasteiger partial charge in [-0.2, -0.15) is 0 Å². The lowest BCUT2D eigenvalue weighted by Gasteiger charge is -2.20. The maximum Gasteiger partial charge on any atom is 0.222 e. The van der Waals surface area contributed by atoms with Crippen molar-refractivity contribution in [1.29, 1.82) is 0 Å². The minimum absolute atomic E-state index is 0.123. The summed E-state index contributed by atoms with van der Waals surface area (Å²) in [5.41, 5.74) is 2.42. The van der Waals surface area contributed by atoms with E-state index in [2.05, 4.69) is 19.1 Å². The van der Waals surface area contributed by atoms with Gasteiger partial charge in [-0.05, 0) is 18.9 Å². The van der Waals surface area contributed by atoms with Gasteiger partial charge in [0, 0.05) is 31.3 Å². The Hall–Kier alpha value is -0.730. The fourth-order valence-corrected chi connectivity index (χ4v) is 2.25. The quantitative estimate of drug-likeness (QED) is 0.705. The highest BCUT2D eigenvalue weighted by atomic mass is 35.5. The second-order valence-corrected chi connectivity index (χ2v) is 5.00. The van der Waals surface area contributed by atoms with E-state index >= 15 is 0 Å². The molecule has 0 aliphatic rings. The van der Waals surface area contributed by atoms with E-state index in [0.717, 1.165) is 6.42 Å². The SMILES string of the molecule is Cc1cccc(CCC(=O)N(CCCl)CCCl)c1. The van der Waals surface area contributed by atoms with Crippen molar-refractivity contribution in [1.82, 2.24) is 4.90 Å². The van der Waals surface area contributed by atoms with Crippen LogP contribution in [-0.4, -0.2) is 35.7 Å². The molecule has 0 aromatic heterocycles. The molecule has 1 aromatic rings. The molecule has 0 aliphatic heterocycles. The van der Waals surface area contributed by atoms with Crippen molar-refractivity contribution in [3.63, 3.8) is 0 Å². The molecule has 0 saturated carbocycles. The molecule has 0 atom stereocenters. The van der Waals surface area contributed by atoms with E-state index in [4.69, 9.17) is 23.2 Å². The summed E-state index contributed by atoms with van der Waals surface area (Å²) in [6.45, 7) is 3.19. The molecule has 18 heavy (non-hydrogen) atoms. The number of amides is 1. The molecule has 0 saturated heterocycles. The molecule has 4 heteroatoms.